The lowest BCUT2D eigenvalue weighted by molar-refractivity contribution is -0.142. The second-order valence-electron chi connectivity index (χ2n) is 6.95. The second-order valence-corrected chi connectivity index (χ2v) is 6.95. The molecule has 2 nitrogen and oxygen atoms in total. The number of hydrogen-bond acceptors (Lipinski definition) is 1. The maximum absolute atomic E-state index is 10.9. The van der Waals surface area contributed by atoms with E-state index in [-0.39, 0.29) is 5.92 Å². The topological polar surface area (TPSA) is 37.3 Å². The summed E-state index contributed by atoms with van der Waals surface area (Å²) in [7, 11) is 0. The van der Waals surface area contributed by atoms with Crippen LogP contribution in [0.15, 0.2) is 0 Å². The monoisotopic (exact) mass is 298 g/mol. The second kappa shape index (κ2) is 14.4. The molecule has 2 heteroatoms. The molecule has 21 heavy (non-hydrogen) atoms. The highest BCUT2D eigenvalue weighted by Crippen LogP contribution is 2.16. The van der Waals surface area contributed by atoms with E-state index in [4.69, 9.17) is 5.11 Å². The predicted octanol–water partition coefficient (Wildman–Crippen LogP) is 6.43. The average Bonchev–Trinajstić information content (AvgIpc) is 2.43. The molecule has 0 bridgehead atoms. The predicted molar refractivity (Wildman–Crippen MR) is 91.7 cm³/mol. The van der Waals surface area contributed by atoms with Crippen molar-refractivity contribution in [3.63, 3.8) is 0 Å². The SMILES string of the molecule is CCC(CCCCCCCCCCCCC(C)C)C(=O)O. The molecular formula is C19H38O2. The first-order chi connectivity index (χ1) is 10.1. The van der Waals surface area contributed by atoms with Gasteiger partial charge in [0.25, 0.3) is 0 Å². The van der Waals surface area contributed by atoms with Gasteiger partial charge in [0.05, 0.1) is 5.92 Å². The molecule has 0 radical (unpaired) electrons. The lowest BCUT2D eigenvalue weighted by Gasteiger charge is -2.08. The van der Waals surface area contributed by atoms with Crippen LogP contribution in [0.4, 0.5) is 0 Å². The molecule has 0 saturated carbocycles. The van der Waals surface area contributed by atoms with Crippen molar-refractivity contribution >= 4 is 5.97 Å². The van der Waals surface area contributed by atoms with Gasteiger partial charge in [0.2, 0.25) is 0 Å². The van der Waals surface area contributed by atoms with Crippen LogP contribution in [0.25, 0.3) is 0 Å². The van der Waals surface area contributed by atoms with Crippen molar-refractivity contribution in [2.75, 3.05) is 0 Å². The molecule has 0 spiro atoms. The van der Waals surface area contributed by atoms with Gasteiger partial charge in [-0.25, -0.2) is 0 Å². The molecule has 0 aliphatic carbocycles. The van der Waals surface area contributed by atoms with Gasteiger partial charge >= 0.3 is 5.97 Å². The molecule has 0 amide bonds. The Hall–Kier alpha value is -0.530. The molecule has 1 N–H and O–H groups in total. The first-order valence-corrected chi connectivity index (χ1v) is 9.30. The van der Waals surface area contributed by atoms with Crippen LogP contribution in [0.1, 0.15) is 104 Å². The molecule has 0 fully saturated rings. The molecule has 0 aromatic heterocycles. The third-order valence-corrected chi connectivity index (χ3v) is 4.43. The fourth-order valence-corrected chi connectivity index (χ4v) is 2.86. The van der Waals surface area contributed by atoms with E-state index < -0.39 is 5.97 Å². The quantitative estimate of drug-likeness (QED) is 0.353. The van der Waals surface area contributed by atoms with Gasteiger partial charge in [0, 0.05) is 0 Å². The van der Waals surface area contributed by atoms with E-state index >= 15 is 0 Å². The standard InChI is InChI=1S/C19H38O2/c1-4-18(19(20)21)16-14-12-10-8-6-5-7-9-11-13-15-17(2)3/h17-18H,4-16H2,1-3H3,(H,20,21). The van der Waals surface area contributed by atoms with Crippen molar-refractivity contribution in [3.8, 4) is 0 Å². The molecule has 0 aliphatic rings. The molecule has 0 aromatic carbocycles. The average molecular weight is 299 g/mol. The summed E-state index contributed by atoms with van der Waals surface area (Å²) in [6.07, 6.45) is 16.3. The van der Waals surface area contributed by atoms with Crippen LogP contribution in [-0.2, 0) is 4.79 Å². The number of carboxylic acids is 1. The van der Waals surface area contributed by atoms with E-state index in [1.165, 1.54) is 64.2 Å². The van der Waals surface area contributed by atoms with E-state index in [1.54, 1.807) is 0 Å². The highest BCUT2D eigenvalue weighted by Gasteiger charge is 2.13. The van der Waals surface area contributed by atoms with Gasteiger partial charge in [0.15, 0.2) is 0 Å². The smallest absolute Gasteiger partial charge is 0.306 e. The van der Waals surface area contributed by atoms with Gasteiger partial charge in [-0.15, -0.1) is 0 Å². The van der Waals surface area contributed by atoms with Crippen LogP contribution in [0.3, 0.4) is 0 Å². The van der Waals surface area contributed by atoms with Crippen molar-refractivity contribution in [1.82, 2.24) is 0 Å². The summed E-state index contributed by atoms with van der Waals surface area (Å²) in [6, 6.07) is 0. The summed E-state index contributed by atoms with van der Waals surface area (Å²) in [5, 5.41) is 8.96. The Morgan fingerprint density at radius 1 is 0.762 bits per heavy atom. The first-order valence-electron chi connectivity index (χ1n) is 9.30. The lowest BCUT2D eigenvalue weighted by atomic mass is 9.98. The normalized spacial score (nSPS) is 12.8. The fraction of sp³-hybridized carbons (Fsp3) is 0.947. The molecule has 0 saturated heterocycles. The van der Waals surface area contributed by atoms with Crippen molar-refractivity contribution in [2.45, 2.75) is 104 Å². The van der Waals surface area contributed by atoms with E-state index in [1.807, 2.05) is 6.92 Å². The number of unbranched alkanes of at least 4 members (excludes halogenated alkanes) is 9. The molecule has 126 valence electrons. The third kappa shape index (κ3) is 14.2. The van der Waals surface area contributed by atoms with Gasteiger partial charge in [-0.1, -0.05) is 91.4 Å². The molecular weight excluding hydrogens is 260 g/mol. The minimum Gasteiger partial charge on any atom is -0.481 e. The Morgan fingerprint density at radius 2 is 1.14 bits per heavy atom. The van der Waals surface area contributed by atoms with Crippen LogP contribution in [0.5, 0.6) is 0 Å². The number of hydrogen-bond donors (Lipinski definition) is 1. The highest BCUT2D eigenvalue weighted by molar-refractivity contribution is 5.69. The number of aliphatic carboxylic acids is 1. The van der Waals surface area contributed by atoms with Crippen molar-refractivity contribution in [1.29, 1.82) is 0 Å². The van der Waals surface area contributed by atoms with Gasteiger partial charge < -0.3 is 5.11 Å². The Balaban J connectivity index is 3.17. The summed E-state index contributed by atoms with van der Waals surface area (Å²) in [5.41, 5.74) is 0. The first kappa shape index (κ1) is 20.5. The summed E-state index contributed by atoms with van der Waals surface area (Å²) in [6.45, 7) is 6.58. The van der Waals surface area contributed by atoms with E-state index in [0.29, 0.717) is 0 Å². The number of carboxylic acid groups (broad SMARTS) is 1. The van der Waals surface area contributed by atoms with Gasteiger partial charge in [-0.3, -0.25) is 4.79 Å². The van der Waals surface area contributed by atoms with Crippen LogP contribution in [-0.4, -0.2) is 11.1 Å². The van der Waals surface area contributed by atoms with Crippen molar-refractivity contribution in [2.24, 2.45) is 11.8 Å². The zero-order chi connectivity index (χ0) is 15.9. The summed E-state index contributed by atoms with van der Waals surface area (Å²) in [4.78, 5) is 10.9. The van der Waals surface area contributed by atoms with Crippen molar-refractivity contribution in [3.05, 3.63) is 0 Å². The zero-order valence-corrected chi connectivity index (χ0v) is 14.7. The summed E-state index contributed by atoms with van der Waals surface area (Å²) < 4.78 is 0. The zero-order valence-electron chi connectivity index (χ0n) is 14.7. The molecule has 0 heterocycles. The van der Waals surface area contributed by atoms with E-state index in [0.717, 1.165) is 25.2 Å². The molecule has 0 aliphatic heterocycles. The molecule has 0 aromatic rings. The van der Waals surface area contributed by atoms with Gasteiger partial charge in [-0.2, -0.15) is 0 Å². The van der Waals surface area contributed by atoms with Crippen LogP contribution < -0.4 is 0 Å². The van der Waals surface area contributed by atoms with Crippen LogP contribution >= 0.6 is 0 Å². The number of carbonyl (C=O) groups is 1. The Morgan fingerprint density at radius 3 is 1.48 bits per heavy atom. The summed E-state index contributed by atoms with van der Waals surface area (Å²) >= 11 is 0. The largest absolute Gasteiger partial charge is 0.481 e. The minimum absolute atomic E-state index is 0.115. The Kier molecular flexibility index (Phi) is 14.0. The maximum atomic E-state index is 10.9. The van der Waals surface area contributed by atoms with Gasteiger partial charge in [-0.05, 0) is 18.8 Å². The summed E-state index contributed by atoms with van der Waals surface area (Å²) in [5.74, 6) is 0.129. The molecule has 1 atom stereocenters. The van der Waals surface area contributed by atoms with Gasteiger partial charge in [0.1, 0.15) is 0 Å². The minimum atomic E-state index is -0.616. The van der Waals surface area contributed by atoms with E-state index in [2.05, 4.69) is 13.8 Å². The fourth-order valence-electron chi connectivity index (χ4n) is 2.86. The maximum Gasteiger partial charge on any atom is 0.306 e. The Labute approximate surface area is 132 Å². The van der Waals surface area contributed by atoms with Crippen molar-refractivity contribution < 1.29 is 9.90 Å². The molecule has 0 rings (SSSR count). The Bertz CT molecular complexity index is 236. The third-order valence-electron chi connectivity index (χ3n) is 4.43. The lowest BCUT2D eigenvalue weighted by Crippen LogP contribution is -2.12. The molecule has 1 unspecified atom stereocenters. The van der Waals surface area contributed by atoms with Crippen LogP contribution in [0.2, 0.25) is 0 Å². The highest BCUT2D eigenvalue weighted by atomic mass is 16.4. The number of rotatable bonds is 15. The van der Waals surface area contributed by atoms with E-state index in [9.17, 15) is 4.79 Å². The van der Waals surface area contributed by atoms with Crippen LogP contribution in [0, 0.1) is 11.8 Å².